The highest BCUT2D eigenvalue weighted by molar-refractivity contribution is 7.09. The van der Waals surface area contributed by atoms with Crippen molar-refractivity contribution in [3.05, 3.63) is 26.5 Å². The van der Waals surface area contributed by atoms with Gasteiger partial charge in [0.1, 0.15) is 6.04 Å². The van der Waals surface area contributed by atoms with Crippen molar-refractivity contribution < 1.29 is 14.3 Å². The molecule has 4 atom stereocenters. The average molecular weight is 410 g/mol. The van der Waals surface area contributed by atoms with E-state index in [1.54, 1.807) is 12.3 Å². The molecule has 0 spiro atoms. The number of carbonyl (C=O) groups is 2. The highest BCUT2D eigenvalue weighted by atomic mass is 32.1. The molecule has 9 heteroatoms. The van der Waals surface area contributed by atoms with Crippen molar-refractivity contribution in [1.82, 2.24) is 10.3 Å². The first-order chi connectivity index (χ1) is 13.2. The molecule has 0 radical (unpaired) electrons. The lowest BCUT2D eigenvalue weighted by Crippen LogP contribution is -2.45. The molecule has 0 saturated carbocycles. The van der Waals surface area contributed by atoms with Crippen LogP contribution in [0.25, 0.3) is 10.4 Å². The molecule has 8 nitrogen and oxygen atoms in total. The van der Waals surface area contributed by atoms with Crippen LogP contribution in [-0.4, -0.2) is 35.6 Å². The fourth-order valence-electron chi connectivity index (χ4n) is 2.76. The van der Waals surface area contributed by atoms with Gasteiger partial charge in [-0.25, -0.2) is 9.78 Å². The van der Waals surface area contributed by atoms with Crippen molar-refractivity contribution in [2.75, 3.05) is 6.61 Å². The molecule has 0 aliphatic carbocycles. The highest BCUT2D eigenvalue weighted by Crippen LogP contribution is 2.27. The summed E-state index contributed by atoms with van der Waals surface area (Å²) in [7, 11) is 0. The average Bonchev–Trinajstić information content (AvgIpc) is 3.15. The van der Waals surface area contributed by atoms with Crippen molar-refractivity contribution in [1.29, 1.82) is 0 Å². The Morgan fingerprint density at radius 3 is 2.54 bits per heavy atom. The van der Waals surface area contributed by atoms with Crippen molar-refractivity contribution in [3.63, 3.8) is 0 Å². The zero-order valence-electron chi connectivity index (χ0n) is 17.5. The summed E-state index contributed by atoms with van der Waals surface area (Å²) in [5.41, 5.74) is 9.10. The van der Waals surface area contributed by atoms with Gasteiger partial charge in [0.2, 0.25) is 5.91 Å². The second-order valence-corrected chi connectivity index (χ2v) is 8.21. The van der Waals surface area contributed by atoms with Gasteiger partial charge in [-0.2, -0.15) is 0 Å². The van der Waals surface area contributed by atoms with E-state index in [2.05, 4.69) is 20.3 Å². The summed E-state index contributed by atoms with van der Waals surface area (Å²) < 4.78 is 4.98. The summed E-state index contributed by atoms with van der Waals surface area (Å²) in [5.74, 6) is -0.449. The van der Waals surface area contributed by atoms with Crippen LogP contribution >= 0.6 is 11.3 Å². The molecule has 0 aliphatic heterocycles. The summed E-state index contributed by atoms with van der Waals surface area (Å²) in [6, 6.07) is -0.820. The molecule has 1 rings (SSSR count). The first-order valence-electron chi connectivity index (χ1n) is 9.72. The van der Waals surface area contributed by atoms with Crippen LogP contribution in [0.3, 0.4) is 0 Å². The van der Waals surface area contributed by atoms with Gasteiger partial charge in [-0.3, -0.25) is 4.79 Å². The minimum Gasteiger partial charge on any atom is -0.461 e. The lowest BCUT2D eigenvalue weighted by Gasteiger charge is -2.27. The summed E-state index contributed by atoms with van der Waals surface area (Å²) in [6.45, 7) is 12.0. The van der Waals surface area contributed by atoms with Crippen LogP contribution in [0.15, 0.2) is 10.5 Å². The number of rotatable bonds is 11. The monoisotopic (exact) mass is 409 g/mol. The molecule has 0 aliphatic rings. The van der Waals surface area contributed by atoms with Gasteiger partial charge in [-0.15, -0.1) is 11.3 Å². The molecule has 1 heterocycles. The maximum Gasteiger partial charge on any atom is 0.357 e. The van der Waals surface area contributed by atoms with Crippen molar-refractivity contribution >= 4 is 23.2 Å². The predicted octanol–water partition coefficient (Wildman–Crippen LogP) is 4.68. The van der Waals surface area contributed by atoms with Gasteiger partial charge in [0.15, 0.2) is 5.69 Å². The maximum atomic E-state index is 12.7. The largest absolute Gasteiger partial charge is 0.461 e. The van der Waals surface area contributed by atoms with Gasteiger partial charge in [0.05, 0.1) is 11.6 Å². The number of aromatic nitrogens is 1. The van der Waals surface area contributed by atoms with Crippen LogP contribution in [0.1, 0.15) is 75.8 Å². The zero-order valence-corrected chi connectivity index (χ0v) is 18.3. The second kappa shape index (κ2) is 11.7. The van der Waals surface area contributed by atoms with E-state index in [9.17, 15) is 9.59 Å². The number of nitrogens with one attached hydrogen (secondary N) is 1. The molecule has 1 amide bonds. The Labute approximate surface area is 170 Å². The molecule has 156 valence electrons. The van der Waals surface area contributed by atoms with E-state index >= 15 is 0 Å². The normalized spacial score (nSPS) is 15.2. The molecule has 1 N–H and O–H groups in total. The van der Waals surface area contributed by atoms with Crippen LogP contribution in [0.5, 0.6) is 0 Å². The SMILES string of the molecule is CCOC(=O)c1csc([C@H](C)C[C@@H](NC(=O)[C@@H](N=[N+]=[N-])[C@@H](C)CC)C(C)C)n1. The fraction of sp³-hybridized carbons (Fsp3) is 0.737. The Kier molecular flexibility index (Phi) is 9.96. The van der Waals surface area contributed by atoms with Gasteiger partial charge in [-0.05, 0) is 30.7 Å². The second-order valence-electron chi connectivity index (χ2n) is 7.32. The van der Waals surface area contributed by atoms with E-state index < -0.39 is 12.0 Å². The Bertz CT molecular complexity index is 699. The number of nitrogens with zero attached hydrogens (tertiary/aromatic N) is 4. The topological polar surface area (TPSA) is 117 Å². The van der Waals surface area contributed by atoms with Gasteiger partial charge < -0.3 is 10.1 Å². The van der Waals surface area contributed by atoms with Gasteiger partial charge in [0.25, 0.3) is 0 Å². The molecule has 1 aromatic heterocycles. The van der Waals surface area contributed by atoms with Gasteiger partial charge in [0, 0.05) is 22.3 Å². The zero-order chi connectivity index (χ0) is 21.3. The molecular weight excluding hydrogens is 378 g/mol. The van der Waals surface area contributed by atoms with Gasteiger partial charge in [-0.1, -0.05) is 46.2 Å². The Morgan fingerprint density at radius 1 is 1.32 bits per heavy atom. The highest BCUT2D eigenvalue weighted by Gasteiger charge is 2.28. The smallest absolute Gasteiger partial charge is 0.357 e. The first-order valence-corrected chi connectivity index (χ1v) is 10.6. The molecule has 0 unspecified atom stereocenters. The summed E-state index contributed by atoms with van der Waals surface area (Å²) in [5, 5.41) is 9.27. The summed E-state index contributed by atoms with van der Waals surface area (Å²) in [4.78, 5) is 31.7. The van der Waals surface area contributed by atoms with Crippen LogP contribution in [0.4, 0.5) is 0 Å². The first kappa shape index (κ1) is 23.9. The van der Waals surface area contributed by atoms with E-state index in [-0.39, 0.29) is 29.7 Å². The van der Waals surface area contributed by atoms with Crippen molar-refractivity contribution in [2.45, 2.75) is 72.4 Å². The number of hydrogen-bond acceptors (Lipinski definition) is 6. The summed E-state index contributed by atoms with van der Waals surface area (Å²) in [6.07, 6.45) is 1.41. The lowest BCUT2D eigenvalue weighted by atomic mass is 9.92. The molecule has 0 saturated heterocycles. The van der Waals surface area contributed by atoms with E-state index in [4.69, 9.17) is 10.3 Å². The Balaban J connectivity index is 2.85. The maximum absolute atomic E-state index is 12.7. The lowest BCUT2D eigenvalue weighted by molar-refractivity contribution is -0.124. The number of azide groups is 1. The number of ether oxygens (including phenoxy) is 1. The molecule has 0 aromatic carbocycles. The predicted molar refractivity (Wildman–Crippen MR) is 110 cm³/mol. The number of carbonyl (C=O) groups excluding carboxylic acids is 2. The molecule has 0 fully saturated rings. The van der Waals surface area contributed by atoms with E-state index in [1.807, 2.05) is 34.6 Å². The standard InChI is InChI=1S/C19H31N5O3S/c1-7-12(5)16(23-24-20)17(25)21-14(11(3)4)9-13(6)18-22-15(10-28-18)19(26)27-8-2/h10-14,16H,7-9H2,1-6H3,(H,21,25)/t12-,13+,14+,16-/m0/s1. The minimum atomic E-state index is -0.721. The van der Waals surface area contributed by atoms with Crippen molar-refractivity contribution in [2.24, 2.45) is 17.0 Å². The third kappa shape index (κ3) is 6.80. The number of esters is 1. The molecule has 1 aromatic rings. The van der Waals surface area contributed by atoms with Crippen molar-refractivity contribution in [3.8, 4) is 0 Å². The molecular formula is C19H31N5O3S. The minimum absolute atomic E-state index is 0.0350. The van der Waals surface area contributed by atoms with Crippen LogP contribution < -0.4 is 5.32 Å². The summed E-state index contributed by atoms with van der Waals surface area (Å²) >= 11 is 1.42. The number of hydrogen-bond donors (Lipinski definition) is 1. The molecule has 28 heavy (non-hydrogen) atoms. The van der Waals surface area contributed by atoms with Crippen LogP contribution in [-0.2, 0) is 9.53 Å². The third-order valence-corrected chi connectivity index (χ3v) is 5.87. The van der Waals surface area contributed by atoms with E-state index in [0.29, 0.717) is 18.7 Å². The van der Waals surface area contributed by atoms with Crippen LogP contribution in [0.2, 0.25) is 0 Å². The molecule has 0 bridgehead atoms. The number of thiazole rings is 1. The van der Waals surface area contributed by atoms with Crippen LogP contribution in [0, 0.1) is 11.8 Å². The quantitative estimate of drug-likeness (QED) is 0.247. The van der Waals surface area contributed by atoms with E-state index in [0.717, 1.165) is 11.4 Å². The number of amides is 1. The van der Waals surface area contributed by atoms with Gasteiger partial charge >= 0.3 is 5.97 Å². The Morgan fingerprint density at radius 2 is 2.00 bits per heavy atom. The Hall–Kier alpha value is -2.12. The fourth-order valence-corrected chi connectivity index (χ4v) is 3.62. The van der Waals surface area contributed by atoms with E-state index in [1.165, 1.54) is 11.3 Å². The third-order valence-electron chi connectivity index (χ3n) is 4.80.